The van der Waals surface area contributed by atoms with E-state index >= 15 is 0 Å². The maximum absolute atomic E-state index is 12.5. The molecular weight excluding hydrogens is 472 g/mol. The monoisotopic (exact) mass is 500 g/mol. The second-order valence-corrected chi connectivity index (χ2v) is 8.94. The number of amides is 1. The van der Waals surface area contributed by atoms with E-state index in [0.29, 0.717) is 17.6 Å². The SMILES string of the molecule is CCOc1ccc(-n2c(SCC(=O)N/N=C\c3ccc(N(C)C)cc3)nnc2-c2ccccc2)cc1. The van der Waals surface area contributed by atoms with Crippen molar-refractivity contribution in [3.63, 3.8) is 0 Å². The second-order valence-electron chi connectivity index (χ2n) is 8.00. The molecule has 0 aliphatic carbocycles. The van der Waals surface area contributed by atoms with Crippen LogP contribution in [0.5, 0.6) is 5.75 Å². The molecule has 0 bridgehead atoms. The molecule has 0 aliphatic heterocycles. The van der Waals surface area contributed by atoms with Gasteiger partial charge >= 0.3 is 0 Å². The number of rotatable bonds is 10. The number of hydrazone groups is 1. The Labute approximate surface area is 215 Å². The van der Waals surface area contributed by atoms with Crippen LogP contribution >= 0.6 is 11.8 Å². The van der Waals surface area contributed by atoms with E-state index in [4.69, 9.17) is 4.74 Å². The van der Waals surface area contributed by atoms with Gasteiger partial charge in [0.1, 0.15) is 5.75 Å². The number of hydrogen-bond acceptors (Lipinski definition) is 7. The number of carbonyl (C=O) groups excluding carboxylic acids is 1. The number of carbonyl (C=O) groups is 1. The first-order valence-electron chi connectivity index (χ1n) is 11.5. The second kappa shape index (κ2) is 12.0. The van der Waals surface area contributed by atoms with Gasteiger partial charge in [-0.15, -0.1) is 10.2 Å². The summed E-state index contributed by atoms with van der Waals surface area (Å²) in [5, 5.41) is 13.5. The molecule has 1 amide bonds. The van der Waals surface area contributed by atoms with Gasteiger partial charge in [-0.2, -0.15) is 5.10 Å². The van der Waals surface area contributed by atoms with Crippen LogP contribution in [0.2, 0.25) is 0 Å². The number of benzene rings is 3. The number of anilines is 1. The topological polar surface area (TPSA) is 84.6 Å². The first kappa shape index (κ1) is 25.0. The molecule has 3 aromatic carbocycles. The minimum absolute atomic E-state index is 0.140. The normalized spacial score (nSPS) is 11.0. The van der Waals surface area contributed by atoms with Crippen molar-refractivity contribution in [1.82, 2.24) is 20.2 Å². The number of nitrogens with one attached hydrogen (secondary N) is 1. The van der Waals surface area contributed by atoms with Crippen LogP contribution in [0.4, 0.5) is 5.69 Å². The minimum atomic E-state index is -0.233. The van der Waals surface area contributed by atoms with E-state index in [1.165, 1.54) is 11.8 Å². The molecular formula is C27H28N6O2S. The highest BCUT2D eigenvalue weighted by atomic mass is 32.2. The van der Waals surface area contributed by atoms with Crippen molar-refractivity contribution >= 4 is 29.6 Å². The van der Waals surface area contributed by atoms with Crippen molar-refractivity contribution in [1.29, 1.82) is 0 Å². The Morgan fingerprint density at radius 2 is 1.75 bits per heavy atom. The summed E-state index contributed by atoms with van der Waals surface area (Å²) in [6.45, 7) is 2.55. The van der Waals surface area contributed by atoms with E-state index in [1.54, 1.807) is 6.21 Å². The molecule has 0 radical (unpaired) electrons. The Kier molecular flexibility index (Phi) is 8.36. The fraction of sp³-hybridized carbons (Fsp3) is 0.185. The fourth-order valence-corrected chi connectivity index (χ4v) is 4.17. The summed E-state index contributed by atoms with van der Waals surface area (Å²) in [6.07, 6.45) is 1.62. The molecule has 1 heterocycles. The van der Waals surface area contributed by atoms with Crippen molar-refractivity contribution in [2.24, 2.45) is 5.10 Å². The van der Waals surface area contributed by atoms with Gasteiger partial charge in [0, 0.05) is 31.0 Å². The lowest BCUT2D eigenvalue weighted by molar-refractivity contribution is -0.118. The molecule has 4 aromatic rings. The van der Waals surface area contributed by atoms with Crippen molar-refractivity contribution in [2.45, 2.75) is 12.1 Å². The Hall–Kier alpha value is -4.11. The third-order valence-corrected chi connectivity index (χ3v) is 6.14. The van der Waals surface area contributed by atoms with Crippen LogP contribution < -0.4 is 15.1 Å². The lowest BCUT2D eigenvalue weighted by atomic mass is 10.2. The highest BCUT2D eigenvalue weighted by Crippen LogP contribution is 2.28. The van der Waals surface area contributed by atoms with Crippen LogP contribution in [0, 0.1) is 0 Å². The van der Waals surface area contributed by atoms with Gasteiger partial charge in [0.15, 0.2) is 11.0 Å². The van der Waals surface area contributed by atoms with Crippen molar-refractivity contribution in [3.8, 4) is 22.8 Å². The average Bonchev–Trinajstić information content (AvgIpc) is 3.33. The maximum Gasteiger partial charge on any atom is 0.250 e. The maximum atomic E-state index is 12.5. The van der Waals surface area contributed by atoms with Gasteiger partial charge in [-0.1, -0.05) is 54.2 Å². The molecule has 184 valence electrons. The molecule has 4 rings (SSSR count). The number of nitrogens with zero attached hydrogens (tertiary/aromatic N) is 5. The predicted octanol–water partition coefficient (Wildman–Crippen LogP) is 4.64. The van der Waals surface area contributed by atoms with Crippen LogP contribution in [0.15, 0.2) is 89.1 Å². The van der Waals surface area contributed by atoms with Gasteiger partial charge in [-0.25, -0.2) is 5.43 Å². The van der Waals surface area contributed by atoms with Crippen molar-refractivity contribution < 1.29 is 9.53 Å². The van der Waals surface area contributed by atoms with Crippen molar-refractivity contribution in [2.75, 3.05) is 31.4 Å². The van der Waals surface area contributed by atoms with Gasteiger partial charge in [0.05, 0.1) is 18.6 Å². The van der Waals surface area contributed by atoms with E-state index in [9.17, 15) is 4.79 Å². The van der Waals surface area contributed by atoms with E-state index in [2.05, 4.69) is 20.7 Å². The highest BCUT2D eigenvalue weighted by Gasteiger charge is 2.17. The summed E-state index contributed by atoms with van der Waals surface area (Å²) in [4.78, 5) is 14.5. The third kappa shape index (κ3) is 6.31. The van der Waals surface area contributed by atoms with Crippen LogP contribution in [0.3, 0.4) is 0 Å². The molecule has 0 atom stereocenters. The molecule has 9 heteroatoms. The summed E-state index contributed by atoms with van der Waals surface area (Å²) >= 11 is 1.30. The smallest absolute Gasteiger partial charge is 0.250 e. The summed E-state index contributed by atoms with van der Waals surface area (Å²) in [5.41, 5.74) is 6.39. The molecule has 0 saturated heterocycles. The predicted molar refractivity (Wildman–Crippen MR) is 145 cm³/mol. The molecule has 36 heavy (non-hydrogen) atoms. The van der Waals surface area contributed by atoms with E-state index in [0.717, 1.165) is 28.3 Å². The molecule has 0 fully saturated rings. The average molecular weight is 501 g/mol. The van der Waals surface area contributed by atoms with Crippen molar-refractivity contribution in [3.05, 3.63) is 84.4 Å². The molecule has 0 unspecified atom stereocenters. The summed E-state index contributed by atoms with van der Waals surface area (Å²) in [6, 6.07) is 25.5. The zero-order valence-electron chi connectivity index (χ0n) is 20.5. The van der Waals surface area contributed by atoms with E-state index in [1.807, 2.05) is 109 Å². The van der Waals surface area contributed by atoms with Gasteiger partial charge in [-0.3, -0.25) is 9.36 Å². The van der Waals surface area contributed by atoms with E-state index in [-0.39, 0.29) is 11.7 Å². The summed E-state index contributed by atoms with van der Waals surface area (Å²) in [5.74, 6) is 1.39. The number of ether oxygens (including phenoxy) is 1. The lowest BCUT2D eigenvalue weighted by Crippen LogP contribution is -2.20. The minimum Gasteiger partial charge on any atom is -0.494 e. The Bertz CT molecular complexity index is 1300. The molecule has 0 saturated carbocycles. The van der Waals surface area contributed by atoms with Gasteiger partial charge in [0.2, 0.25) is 0 Å². The Morgan fingerprint density at radius 3 is 2.42 bits per heavy atom. The first-order valence-corrected chi connectivity index (χ1v) is 12.5. The van der Waals surface area contributed by atoms with Crippen LogP contribution in [0.25, 0.3) is 17.1 Å². The zero-order valence-corrected chi connectivity index (χ0v) is 21.3. The molecule has 8 nitrogen and oxygen atoms in total. The Balaban J connectivity index is 1.46. The van der Waals surface area contributed by atoms with Gasteiger partial charge in [0.25, 0.3) is 5.91 Å². The van der Waals surface area contributed by atoms with Crippen LogP contribution in [0.1, 0.15) is 12.5 Å². The fourth-order valence-electron chi connectivity index (χ4n) is 3.43. The molecule has 1 aromatic heterocycles. The number of aromatic nitrogens is 3. The van der Waals surface area contributed by atoms with Gasteiger partial charge < -0.3 is 9.64 Å². The largest absolute Gasteiger partial charge is 0.494 e. The summed E-state index contributed by atoms with van der Waals surface area (Å²) in [7, 11) is 3.97. The third-order valence-electron chi connectivity index (χ3n) is 5.22. The molecule has 0 aliphatic rings. The highest BCUT2D eigenvalue weighted by molar-refractivity contribution is 7.99. The van der Waals surface area contributed by atoms with E-state index < -0.39 is 0 Å². The Morgan fingerprint density at radius 1 is 1.03 bits per heavy atom. The lowest BCUT2D eigenvalue weighted by Gasteiger charge is -2.11. The van der Waals surface area contributed by atoms with Gasteiger partial charge in [-0.05, 0) is 48.9 Å². The molecule has 0 spiro atoms. The number of hydrogen-bond donors (Lipinski definition) is 1. The van der Waals surface area contributed by atoms with Crippen LogP contribution in [-0.4, -0.2) is 53.3 Å². The summed E-state index contributed by atoms with van der Waals surface area (Å²) < 4.78 is 7.52. The zero-order chi connectivity index (χ0) is 25.3. The van der Waals surface area contributed by atoms with Crippen LogP contribution in [-0.2, 0) is 4.79 Å². The molecule has 1 N–H and O–H groups in total. The number of thioether (sulfide) groups is 1. The quantitative estimate of drug-likeness (QED) is 0.194. The standard InChI is InChI=1S/C27H28N6O2S/c1-4-35-24-16-14-23(15-17-24)33-26(21-8-6-5-7-9-21)30-31-27(33)36-19-25(34)29-28-18-20-10-12-22(13-11-20)32(2)3/h5-18H,4,19H2,1-3H3,(H,29,34)/b28-18-. The first-order chi connectivity index (χ1) is 17.5.